The number of hydrogen-bond acceptors (Lipinski definition) is 3. The number of anilines is 2. The number of carbonyl (C=O) groups excluding carboxylic acids is 1. The van der Waals surface area contributed by atoms with Crippen LogP contribution in [0, 0.1) is 0 Å². The van der Waals surface area contributed by atoms with Gasteiger partial charge in [0, 0.05) is 11.8 Å². The lowest BCUT2D eigenvalue weighted by molar-refractivity contribution is -0.111. The van der Waals surface area contributed by atoms with Crippen LogP contribution in [-0.2, 0) is 4.79 Å². The summed E-state index contributed by atoms with van der Waals surface area (Å²) in [5.74, 6) is -0.206. The molecule has 3 N–H and O–H groups in total. The molecule has 0 saturated heterocycles. The summed E-state index contributed by atoms with van der Waals surface area (Å²) < 4.78 is 0. The molecule has 2 aromatic rings. The Labute approximate surface area is 114 Å². The Morgan fingerprint density at radius 2 is 2.22 bits per heavy atom. The Kier molecular flexibility index (Phi) is 4.02. The molecule has 0 saturated carbocycles. The number of thiophene rings is 1. The van der Waals surface area contributed by atoms with Crippen molar-refractivity contribution in [3.05, 3.63) is 51.7 Å². The third kappa shape index (κ3) is 3.35. The summed E-state index contributed by atoms with van der Waals surface area (Å²) >= 11 is 7.45. The van der Waals surface area contributed by atoms with Crippen molar-refractivity contribution in [1.82, 2.24) is 0 Å². The van der Waals surface area contributed by atoms with E-state index in [9.17, 15) is 4.79 Å². The number of nitrogen functional groups attached to an aromatic ring is 1. The van der Waals surface area contributed by atoms with E-state index in [-0.39, 0.29) is 5.91 Å². The molecule has 5 heteroatoms. The summed E-state index contributed by atoms with van der Waals surface area (Å²) in [6.07, 6.45) is 3.23. The number of rotatable bonds is 3. The van der Waals surface area contributed by atoms with E-state index in [0.29, 0.717) is 16.4 Å². The maximum atomic E-state index is 11.6. The van der Waals surface area contributed by atoms with Gasteiger partial charge in [0.05, 0.1) is 10.7 Å². The Morgan fingerprint density at radius 3 is 2.89 bits per heavy atom. The number of nitrogens with two attached hydrogens (primary N) is 1. The highest BCUT2D eigenvalue weighted by Gasteiger charge is 2.01. The first-order valence-corrected chi connectivity index (χ1v) is 6.53. The molecule has 3 nitrogen and oxygen atoms in total. The van der Waals surface area contributed by atoms with E-state index in [1.807, 2.05) is 16.8 Å². The van der Waals surface area contributed by atoms with E-state index >= 15 is 0 Å². The molecule has 0 radical (unpaired) electrons. The normalized spacial score (nSPS) is 10.7. The van der Waals surface area contributed by atoms with Gasteiger partial charge in [-0.15, -0.1) is 0 Å². The van der Waals surface area contributed by atoms with Crippen molar-refractivity contribution in [3.63, 3.8) is 0 Å². The first kappa shape index (κ1) is 12.7. The van der Waals surface area contributed by atoms with Crippen LogP contribution in [-0.4, -0.2) is 5.91 Å². The lowest BCUT2D eigenvalue weighted by Crippen LogP contribution is -2.07. The third-order valence-corrected chi connectivity index (χ3v) is 3.27. The van der Waals surface area contributed by atoms with Crippen LogP contribution < -0.4 is 11.1 Å². The summed E-state index contributed by atoms with van der Waals surface area (Å²) in [4.78, 5) is 11.6. The third-order valence-electron chi connectivity index (χ3n) is 2.24. The number of benzene rings is 1. The highest BCUT2D eigenvalue weighted by atomic mass is 35.5. The standard InChI is InChI=1S/C13H11ClN2OS/c14-11-7-10(2-3-12(11)15)16-13(17)4-1-9-5-6-18-8-9/h1-8H,15H2,(H,16,17)/b4-1+. The zero-order chi connectivity index (χ0) is 13.0. The monoisotopic (exact) mass is 278 g/mol. The zero-order valence-corrected chi connectivity index (χ0v) is 11.0. The molecule has 0 bridgehead atoms. The molecule has 1 amide bonds. The minimum atomic E-state index is -0.206. The predicted octanol–water partition coefficient (Wildman–Crippen LogP) is 3.64. The first-order chi connectivity index (χ1) is 8.65. The molecule has 1 aromatic carbocycles. The Morgan fingerprint density at radius 1 is 1.39 bits per heavy atom. The van der Waals surface area contributed by atoms with Crippen molar-refractivity contribution in [1.29, 1.82) is 0 Å². The van der Waals surface area contributed by atoms with Gasteiger partial charge in [-0.2, -0.15) is 11.3 Å². The smallest absolute Gasteiger partial charge is 0.248 e. The lowest BCUT2D eigenvalue weighted by Gasteiger charge is -2.04. The molecule has 0 atom stereocenters. The van der Waals surface area contributed by atoms with E-state index in [1.54, 1.807) is 35.6 Å². The number of halogens is 1. The zero-order valence-electron chi connectivity index (χ0n) is 9.39. The summed E-state index contributed by atoms with van der Waals surface area (Å²) in [5, 5.41) is 7.05. The maximum Gasteiger partial charge on any atom is 0.248 e. The molecule has 0 aliphatic heterocycles. The van der Waals surface area contributed by atoms with Gasteiger partial charge in [-0.1, -0.05) is 11.6 Å². The maximum absolute atomic E-state index is 11.6. The fourth-order valence-corrected chi connectivity index (χ4v) is 2.14. The molecule has 1 aromatic heterocycles. The second-order valence-electron chi connectivity index (χ2n) is 3.62. The van der Waals surface area contributed by atoms with E-state index < -0.39 is 0 Å². The van der Waals surface area contributed by atoms with Crippen LogP contribution >= 0.6 is 22.9 Å². The van der Waals surface area contributed by atoms with Crippen LogP contribution in [0.1, 0.15) is 5.56 Å². The van der Waals surface area contributed by atoms with Crippen LogP contribution in [0.5, 0.6) is 0 Å². The molecule has 1 heterocycles. The van der Waals surface area contributed by atoms with Crippen molar-refractivity contribution in [2.75, 3.05) is 11.1 Å². The SMILES string of the molecule is Nc1ccc(NC(=O)/C=C/c2ccsc2)cc1Cl. The predicted molar refractivity (Wildman–Crippen MR) is 77.8 cm³/mol. The molecule has 0 fully saturated rings. The minimum absolute atomic E-state index is 0.206. The number of amides is 1. The number of hydrogen-bond donors (Lipinski definition) is 2. The second kappa shape index (κ2) is 5.71. The van der Waals surface area contributed by atoms with E-state index in [0.717, 1.165) is 5.56 Å². The highest BCUT2D eigenvalue weighted by molar-refractivity contribution is 7.08. The number of carbonyl (C=O) groups is 1. The van der Waals surface area contributed by atoms with E-state index in [2.05, 4.69) is 5.32 Å². The van der Waals surface area contributed by atoms with Gasteiger partial charge in [0.2, 0.25) is 5.91 Å². The molecule has 0 aliphatic rings. The van der Waals surface area contributed by atoms with Crippen LogP contribution in [0.3, 0.4) is 0 Å². The van der Waals surface area contributed by atoms with Crippen molar-refractivity contribution in [3.8, 4) is 0 Å². The van der Waals surface area contributed by atoms with Gasteiger partial charge in [0.25, 0.3) is 0 Å². The van der Waals surface area contributed by atoms with Crippen molar-refractivity contribution < 1.29 is 4.79 Å². The van der Waals surface area contributed by atoms with E-state index in [4.69, 9.17) is 17.3 Å². The molecule has 92 valence electrons. The van der Waals surface area contributed by atoms with Gasteiger partial charge in [0.1, 0.15) is 0 Å². The largest absolute Gasteiger partial charge is 0.398 e. The lowest BCUT2D eigenvalue weighted by atomic mass is 10.2. The highest BCUT2D eigenvalue weighted by Crippen LogP contribution is 2.22. The van der Waals surface area contributed by atoms with Crippen molar-refractivity contribution in [2.24, 2.45) is 0 Å². The summed E-state index contributed by atoms with van der Waals surface area (Å²) in [6.45, 7) is 0. The van der Waals surface area contributed by atoms with Crippen LogP contribution in [0.2, 0.25) is 5.02 Å². The van der Waals surface area contributed by atoms with Gasteiger partial charge in [0.15, 0.2) is 0 Å². The molecular formula is C13H11ClN2OS. The van der Waals surface area contributed by atoms with Gasteiger partial charge in [-0.05, 0) is 46.7 Å². The molecule has 0 aliphatic carbocycles. The van der Waals surface area contributed by atoms with Crippen molar-refractivity contribution in [2.45, 2.75) is 0 Å². The first-order valence-electron chi connectivity index (χ1n) is 5.21. The number of nitrogens with one attached hydrogen (secondary N) is 1. The Hall–Kier alpha value is -1.78. The molecule has 2 rings (SSSR count). The average molecular weight is 279 g/mol. The molecular weight excluding hydrogens is 268 g/mol. The average Bonchev–Trinajstić information content (AvgIpc) is 2.84. The second-order valence-corrected chi connectivity index (χ2v) is 4.80. The minimum Gasteiger partial charge on any atom is -0.398 e. The molecule has 18 heavy (non-hydrogen) atoms. The van der Waals surface area contributed by atoms with Crippen molar-refractivity contribution >= 4 is 46.3 Å². The summed E-state index contributed by atoms with van der Waals surface area (Å²) in [5.41, 5.74) is 7.70. The molecule has 0 spiro atoms. The summed E-state index contributed by atoms with van der Waals surface area (Å²) in [7, 11) is 0. The van der Waals surface area contributed by atoms with Crippen LogP contribution in [0.15, 0.2) is 41.1 Å². The fraction of sp³-hybridized carbons (Fsp3) is 0. The van der Waals surface area contributed by atoms with Crippen LogP contribution in [0.4, 0.5) is 11.4 Å². The van der Waals surface area contributed by atoms with Gasteiger partial charge >= 0.3 is 0 Å². The summed E-state index contributed by atoms with van der Waals surface area (Å²) in [6, 6.07) is 6.92. The van der Waals surface area contributed by atoms with E-state index in [1.165, 1.54) is 6.08 Å². The van der Waals surface area contributed by atoms with Gasteiger partial charge < -0.3 is 11.1 Å². The topological polar surface area (TPSA) is 55.1 Å². The fourth-order valence-electron chi connectivity index (χ4n) is 1.33. The van der Waals surface area contributed by atoms with Gasteiger partial charge in [-0.3, -0.25) is 4.79 Å². The Bertz CT molecular complexity index is 579. The Balaban J connectivity index is 2.01. The van der Waals surface area contributed by atoms with Crippen LogP contribution in [0.25, 0.3) is 6.08 Å². The molecule has 0 unspecified atom stereocenters. The van der Waals surface area contributed by atoms with Gasteiger partial charge in [-0.25, -0.2) is 0 Å². The quantitative estimate of drug-likeness (QED) is 0.665.